The summed E-state index contributed by atoms with van der Waals surface area (Å²) in [5.41, 5.74) is 4.54. The van der Waals surface area contributed by atoms with Crippen LogP contribution in [0.15, 0.2) is 30.6 Å². The molecule has 0 bridgehead atoms. The second-order valence-electron chi connectivity index (χ2n) is 4.66. The quantitative estimate of drug-likeness (QED) is 0.790. The number of carbonyl (C=O) groups is 1. The maximum atomic E-state index is 12.6. The molecular weight excluding hydrogens is 238 g/mol. The van der Waals surface area contributed by atoms with Gasteiger partial charge >= 0.3 is 0 Å². The van der Waals surface area contributed by atoms with Crippen LogP contribution in [-0.4, -0.2) is 17.9 Å². The van der Waals surface area contributed by atoms with Crippen molar-refractivity contribution in [2.75, 3.05) is 7.11 Å². The van der Waals surface area contributed by atoms with Gasteiger partial charge in [0.15, 0.2) is 5.78 Å². The van der Waals surface area contributed by atoms with Gasteiger partial charge in [0, 0.05) is 11.8 Å². The van der Waals surface area contributed by atoms with E-state index in [4.69, 9.17) is 4.74 Å². The van der Waals surface area contributed by atoms with Crippen LogP contribution in [0.5, 0.6) is 5.75 Å². The second kappa shape index (κ2) is 5.22. The van der Waals surface area contributed by atoms with E-state index < -0.39 is 0 Å². The summed E-state index contributed by atoms with van der Waals surface area (Å²) in [7, 11) is 1.54. The number of hydrogen-bond donors (Lipinski definition) is 0. The van der Waals surface area contributed by atoms with Gasteiger partial charge in [0.25, 0.3) is 0 Å². The van der Waals surface area contributed by atoms with Crippen molar-refractivity contribution >= 4 is 5.78 Å². The van der Waals surface area contributed by atoms with Gasteiger partial charge in [-0.05, 0) is 49.6 Å². The van der Waals surface area contributed by atoms with Crippen molar-refractivity contribution in [2.24, 2.45) is 0 Å². The van der Waals surface area contributed by atoms with Crippen LogP contribution in [0.2, 0.25) is 0 Å². The summed E-state index contributed by atoms with van der Waals surface area (Å²) >= 11 is 0. The molecule has 0 unspecified atom stereocenters. The Morgan fingerprint density at radius 3 is 2.42 bits per heavy atom. The molecule has 3 heteroatoms. The van der Waals surface area contributed by atoms with E-state index in [-0.39, 0.29) is 5.78 Å². The number of aromatic nitrogens is 1. The molecule has 3 nitrogen and oxygen atoms in total. The summed E-state index contributed by atoms with van der Waals surface area (Å²) in [6.45, 7) is 6.01. The first-order chi connectivity index (χ1) is 9.04. The van der Waals surface area contributed by atoms with E-state index in [0.717, 1.165) is 11.1 Å². The number of nitrogens with zero attached hydrogens (tertiary/aromatic N) is 1. The van der Waals surface area contributed by atoms with Crippen LogP contribution < -0.4 is 4.74 Å². The molecule has 2 aromatic rings. The first kappa shape index (κ1) is 13.3. The van der Waals surface area contributed by atoms with Gasteiger partial charge in [0.1, 0.15) is 5.75 Å². The van der Waals surface area contributed by atoms with E-state index in [9.17, 15) is 4.79 Å². The summed E-state index contributed by atoms with van der Waals surface area (Å²) in [5, 5.41) is 0. The molecule has 1 aromatic carbocycles. The number of rotatable bonds is 3. The maximum absolute atomic E-state index is 12.6. The highest BCUT2D eigenvalue weighted by molar-refractivity contribution is 6.11. The van der Waals surface area contributed by atoms with Crippen molar-refractivity contribution in [3.63, 3.8) is 0 Å². The van der Waals surface area contributed by atoms with Crippen LogP contribution in [0, 0.1) is 20.8 Å². The molecule has 19 heavy (non-hydrogen) atoms. The van der Waals surface area contributed by atoms with Crippen LogP contribution in [0.25, 0.3) is 0 Å². The molecule has 0 radical (unpaired) electrons. The van der Waals surface area contributed by atoms with Gasteiger partial charge in [-0.15, -0.1) is 0 Å². The Labute approximate surface area is 113 Å². The van der Waals surface area contributed by atoms with Crippen molar-refractivity contribution in [1.29, 1.82) is 0 Å². The fourth-order valence-corrected chi connectivity index (χ4v) is 2.08. The van der Waals surface area contributed by atoms with E-state index in [1.165, 1.54) is 5.56 Å². The molecule has 0 saturated carbocycles. The van der Waals surface area contributed by atoms with Crippen molar-refractivity contribution in [2.45, 2.75) is 20.8 Å². The third-order valence-electron chi connectivity index (χ3n) is 3.33. The Hall–Kier alpha value is -2.16. The summed E-state index contributed by atoms with van der Waals surface area (Å²) in [4.78, 5) is 16.6. The van der Waals surface area contributed by atoms with E-state index in [1.54, 1.807) is 25.6 Å². The van der Waals surface area contributed by atoms with E-state index in [2.05, 4.69) is 4.98 Å². The SMILES string of the molecule is COc1cnccc1C(=O)c1cc(C)c(C)cc1C. The second-order valence-corrected chi connectivity index (χ2v) is 4.66. The summed E-state index contributed by atoms with van der Waals surface area (Å²) < 4.78 is 5.20. The molecule has 98 valence electrons. The molecule has 0 fully saturated rings. The maximum Gasteiger partial charge on any atom is 0.197 e. The molecule has 0 spiro atoms. The topological polar surface area (TPSA) is 39.2 Å². The average molecular weight is 255 g/mol. The zero-order chi connectivity index (χ0) is 14.0. The van der Waals surface area contributed by atoms with Gasteiger partial charge in [-0.2, -0.15) is 0 Å². The number of ether oxygens (including phenoxy) is 1. The molecular formula is C16H17NO2. The lowest BCUT2D eigenvalue weighted by atomic mass is 9.95. The molecule has 0 saturated heterocycles. The van der Waals surface area contributed by atoms with Gasteiger partial charge in [0.2, 0.25) is 0 Å². The van der Waals surface area contributed by atoms with Gasteiger partial charge < -0.3 is 4.74 Å². The van der Waals surface area contributed by atoms with Gasteiger partial charge in [-0.1, -0.05) is 6.07 Å². The van der Waals surface area contributed by atoms with Crippen molar-refractivity contribution < 1.29 is 9.53 Å². The number of benzene rings is 1. The third kappa shape index (κ3) is 2.50. The summed E-state index contributed by atoms with van der Waals surface area (Å²) in [5.74, 6) is 0.477. The van der Waals surface area contributed by atoms with E-state index in [1.807, 2.05) is 32.9 Å². The fraction of sp³-hybridized carbons (Fsp3) is 0.250. The Morgan fingerprint density at radius 1 is 1.05 bits per heavy atom. The molecule has 0 atom stereocenters. The number of ketones is 1. The monoisotopic (exact) mass is 255 g/mol. The molecule has 1 heterocycles. The highest BCUT2D eigenvalue weighted by Crippen LogP contribution is 2.23. The lowest BCUT2D eigenvalue weighted by molar-refractivity contribution is 0.103. The van der Waals surface area contributed by atoms with Gasteiger partial charge in [0.05, 0.1) is 18.9 Å². The van der Waals surface area contributed by atoms with E-state index >= 15 is 0 Å². The van der Waals surface area contributed by atoms with Crippen LogP contribution in [-0.2, 0) is 0 Å². The van der Waals surface area contributed by atoms with Crippen molar-refractivity contribution in [1.82, 2.24) is 4.98 Å². The van der Waals surface area contributed by atoms with Crippen LogP contribution >= 0.6 is 0 Å². The normalized spacial score (nSPS) is 10.3. The lowest BCUT2D eigenvalue weighted by Gasteiger charge is -2.11. The predicted octanol–water partition coefficient (Wildman–Crippen LogP) is 3.25. The van der Waals surface area contributed by atoms with Crippen LogP contribution in [0.3, 0.4) is 0 Å². The summed E-state index contributed by atoms with van der Waals surface area (Å²) in [6.07, 6.45) is 3.16. The molecule has 0 amide bonds. The smallest absolute Gasteiger partial charge is 0.197 e. The Bertz CT molecular complexity index is 633. The number of hydrogen-bond acceptors (Lipinski definition) is 3. The first-order valence-electron chi connectivity index (χ1n) is 6.15. The third-order valence-corrected chi connectivity index (χ3v) is 3.33. The van der Waals surface area contributed by atoms with Crippen LogP contribution in [0.4, 0.5) is 0 Å². The van der Waals surface area contributed by atoms with Gasteiger partial charge in [-0.3, -0.25) is 9.78 Å². The first-order valence-corrected chi connectivity index (χ1v) is 6.15. The number of aryl methyl sites for hydroxylation is 3. The van der Waals surface area contributed by atoms with Gasteiger partial charge in [-0.25, -0.2) is 0 Å². The zero-order valence-corrected chi connectivity index (χ0v) is 11.7. The molecule has 0 N–H and O–H groups in total. The average Bonchev–Trinajstić information content (AvgIpc) is 2.42. The molecule has 0 aliphatic carbocycles. The van der Waals surface area contributed by atoms with Crippen molar-refractivity contribution in [3.05, 3.63) is 58.4 Å². The Kier molecular flexibility index (Phi) is 3.65. The number of pyridine rings is 1. The minimum absolute atomic E-state index is 0.0279. The minimum atomic E-state index is -0.0279. The highest BCUT2D eigenvalue weighted by atomic mass is 16.5. The molecule has 0 aliphatic heterocycles. The molecule has 0 aliphatic rings. The van der Waals surface area contributed by atoms with Crippen LogP contribution in [0.1, 0.15) is 32.6 Å². The Balaban J connectivity index is 2.53. The lowest BCUT2D eigenvalue weighted by Crippen LogP contribution is -2.07. The fourth-order valence-electron chi connectivity index (χ4n) is 2.08. The Morgan fingerprint density at radius 2 is 1.74 bits per heavy atom. The minimum Gasteiger partial charge on any atom is -0.494 e. The summed E-state index contributed by atoms with van der Waals surface area (Å²) in [6, 6.07) is 5.67. The molecule has 2 rings (SSSR count). The zero-order valence-electron chi connectivity index (χ0n) is 11.7. The predicted molar refractivity (Wildman–Crippen MR) is 74.9 cm³/mol. The van der Waals surface area contributed by atoms with Crippen molar-refractivity contribution in [3.8, 4) is 5.75 Å². The largest absolute Gasteiger partial charge is 0.494 e. The standard InChI is InChI=1S/C16H17NO2/c1-10-7-12(3)14(8-11(10)2)16(18)13-5-6-17-9-15(13)19-4/h5-9H,1-4H3. The number of methoxy groups -OCH3 is 1. The molecule has 1 aromatic heterocycles. The highest BCUT2D eigenvalue weighted by Gasteiger charge is 2.17. The number of carbonyl (C=O) groups excluding carboxylic acids is 1. The van der Waals surface area contributed by atoms with E-state index in [0.29, 0.717) is 16.9 Å².